The molecule has 0 aliphatic heterocycles. The molecule has 0 spiro atoms. The van der Waals surface area contributed by atoms with Gasteiger partial charge in [0.15, 0.2) is 5.96 Å². The van der Waals surface area contributed by atoms with Crippen LogP contribution in [0.15, 0.2) is 81.9 Å². The number of benzene rings is 1. The first-order valence-corrected chi connectivity index (χ1v) is 9.68. The SMILES string of the molecule is Cc1ncccc1S(=O)(=O)c1ccc(CN=C(N)Nc2ccncc2)cc1. The standard InChI is InChI=1S/C19H19N5O2S/c1-14-18(3-2-10-22-14)27(25,26)17-6-4-15(5-7-17)13-23-19(20)24-16-8-11-21-12-9-16/h2-12H,13H2,1H3,(H3,20,21,23,24). The Labute approximate surface area is 157 Å². The number of aliphatic imine (C=N–C) groups is 1. The van der Waals surface area contributed by atoms with E-state index >= 15 is 0 Å². The second-order valence-electron chi connectivity index (χ2n) is 5.80. The molecule has 0 aliphatic carbocycles. The summed E-state index contributed by atoms with van der Waals surface area (Å²) in [5.41, 5.74) is 7.97. The summed E-state index contributed by atoms with van der Waals surface area (Å²) in [6, 6.07) is 13.3. The number of pyridine rings is 2. The molecule has 2 heterocycles. The number of hydrogen-bond donors (Lipinski definition) is 2. The first-order chi connectivity index (χ1) is 13.0. The van der Waals surface area contributed by atoms with Crippen molar-refractivity contribution in [1.29, 1.82) is 0 Å². The lowest BCUT2D eigenvalue weighted by Gasteiger charge is -2.08. The summed E-state index contributed by atoms with van der Waals surface area (Å²) in [4.78, 5) is 12.7. The van der Waals surface area contributed by atoms with E-state index in [2.05, 4.69) is 20.3 Å². The van der Waals surface area contributed by atoms with Crippen LogP contribution in [0.5, 0.6) is 0 Å². The summed E-state index contributed by atoms with van der Waals surface area (Å²) in [7, 11) is -3.60. The Kier molecular flexibility index (Phi) is 5.46. The molecule has 0 saturated heterocycles. The number of nitrogens with one attached hydrogen (secondary N) is 1. The Morgan fingerprint density at radius 1 is 1.07 bits per heavy atom. The average molecular weight is 381 g/mol. The van der Waals surface area contributed by atoms with E-state index in [9.17, 15) is 8.42 Å². The minimum absolute atomic E-state index is 0.210. The molecule has 3 rings (SSSR count). The summed E-state index contributed by atoms with van der Waals surface area (Å²) >= 11 is 0. The van der Waals surface area contributed by atoms with Gasteiger partial charge in [0.2, 0.25) is 9.84 Å². The Morgan fingerprint density at radius 2 is 1.78 bits per heavy atom. The van der Waals surface area contributed by atoms with Gasteiger partial charge >= 0.3 is 0 Å². The molecule has 2 aromatic heterocycles. The quantitative estimate of drug-likeness (QED) is 0.519. The van der Waals surface area contributed by atoms with Gasteiger partial charge in [-0.1, -0.05) is 12.1 Å². The van der Waals surface area contributed by atoms with E-state index in [0.29, 0.717) is 12.2 Å². The van der Waals surface area contributed by atoms with Crippen molar-refractivity contribution in [2.24, 2.45) is 10.7 Å². The number of sulfone groups is 1. The number of guanidine groups is 1. The van der Waals surface area contributed by atoms with Crippen LogP contribution in [0.2, 0.25) is 0 Å². The van der Waals surface area contributed by atoms with Gasteiger partial charge in [-0.2, -0.15) is 0 Å². The van der Waals surface area contributed by atoms with Gasteiger partial charge in [0.25, 0.3) is 0 Å². The van der Waals surface area contributed by atoms with Crippen LogP contribution in [0.4, 0.5) is 5.69 Å². The Morgan fingerprint density at radius 3 is 2.44 bits per heavy atom. The zero-order valence-corrected chi connectivity index (χ0v) is 15.5. The fourth-order valence-corrected chi connectivity index (χ4v) is 3.90. The van der Waals surface area contributed by atoms with Gasteiger partial charge < -0.3 is 11.1 Å². The Balaban J connectivity index is 1.72. The van der Waals surface area contributed by atoms with Crippen molar-refractivity contribution in [3.8, 4) is 0 Å². The third kappa shape index (κ3) is 4.48. The first kappa shape index (κ1) is 18.5. The molecule has 0 fully saturated rings. The number of aryl methyl sites for hydroxylation is 1. The number of rotatable bonds is 5. The summed E-state index contributed by atoms with van der Waals surface area (Å²) in [5.74, 6) is 0.267. The molecule has 3 N–H and O–H groups in total. The lowest BCUT2D eigenvalue weighted by atomic mass is 10.2. The highest BCUT2D eigenvalue weighted by molar-refractivity contribution is 7.91. The molecule has 27 heavy (non-hydrogen) atoms. The van der Waals surface area contributed by atoms with E-state index in [0.717, 1.165) is 11.3 Å². The highest BCUT2D eigenvalue weighted by Crippen LogP contribution is 2.23. The van der Waals surface area contributed by atoms with Crippen molar-refractivity contribution in [1.82, 2.24) is 9.97 Å². The number of nitrogens with zero attached hydrogens (tertiary/aromatic N) is 3. The molecule has 3 aromatic rings. The van der Waals surface area contributed by atoms with Gasteiger partial charge in [0, 0.05) is 24.3 Å². The molecule has 138 valence electrons. The highest BCUT2D eigenvalue weighted by atomic mass is 32.2. The number of anilines is 1. The fraction of sp³-hybridized carbons (Fsp3) is 0.105. The lowest BCUT2D eigenvalue weighted by molar-refractivity contribution is 0.595. The molecule has 0 unspecified atom stereocenters. The van der Waals surface area contributed by atoms with E-state index in [4.69, 9.17) is 5.73 Å². The maximum Gasteiger partial charge on any atom is 0.208 e. The van der Waals surface area contributed by atoms with Gasteiger partial charge in [-0.05, 0) is 48.9 Å². The van der Waals surface area contributed by atoms with E-state index in [-0.39, 0.29) is 15.8 Å². The normalized spacial score (nSPS) is 12.0. The van der Waals surface area contributed by atoms with E-state index in [1.807, 2.05) is 0 Å². The van der Waals surface area contributed by atoms with E-state index in [1.165, 1.54) is 0 Å². The second kappa shape index (κ2) is 7.96. The van der Waals surface area contributed by atoms with Gasteiger partial charge in [0.1, 0.15) is 0 Å². The molecule has 0 atom stereocenters. The van der Waals surface area contributed by atoms with Gasteiger partial charge in [-0.25, -0.2) is 13.4 Å². The predicted molar refractivity (Wildman–Crippen MR) is 104 cm³/mol. The third-order valence-electron chi connectivity index (χ3n) is 3.87. The molecule has 8 heteroatoms. The van der Waals surface area contributed by atoms with Crippen LogP contribution in [-0.2, 0) is 16.4 Å². The third-order valence-corrected chi connectivity index (χ3v) is 5.77. The Hall–Kier alpha value is -3.26. The van der Waals surface area contributed by atoms with Crippen molar-refractivity contribution >= 4 is 21.5 Å². The Bertz CT molecular complexity index is 1050. The van der Waals surface area contributed by atoms with Gasteiger partial charge in [0.05, 0.1) is 22.0 Å². The van der Waals surface area contributed by atoms with Gasteiger partial charge in [-0.15, -0.1) is 0 Å². The first-order valence-electron chi connectivity index (χ1n) is 8.19. The summed E-state index contributed by atoms with van der Waals surface area (Å²) < 4.78 is 25.5. The average Bonchev–Trinajstić information content (AvgIpc) is 2.68. The monoisotopic (exact) mass is 381 g/mol. The summed E-state index contributed by atoms with van der Waals surface area (Å²) in [5, 5.41) is 2.96. The largest absolute Gasteiger partial charge is 0.370 e. The smallest absolute Gasteiger partial charge is 0.208 e. The van der Waals surface area contributed by atoms with Crippen LogP contribution < -0.4 is 11.1 Å². The topological polar surface area (TPSA) is 110 Å². The summed E-state index contributed by atoms with van der Waals surface area (Å²) in [6.07, 6.45) is 4.87. The van der Waals surface area contributed by atoms with Crippen LogP contribution in [0.1, 0.15) is 11.3 Å². The van der Waals surface area contributed by atoms with Crippen LogP contribution >= 0.6 is 0 Å². The van der Waals surface area contributed by atoms with Crippen LogP contribution in [0.25, 0.3) is 0 Å². The maximum absolute atomic E-state index is 12.7. The second-order valence-corrected chi connectivity index (χ2v) is 7.71. The molecular formula is C19H19N5O2S. The molecule has 0 aliphatic rings. The molecule has 0 bridgehead atoms. The van der Waals surface area contributed by atoms with Crippen molar-refractivity contribution in [3.05, 3.63) is 78.4 Å². The highest BCUT2D eigenvalue weighted by Gasteiger charge is 2.19. The van der Waals surface area contributed by atoms with Crippen molar-refractivity contribution < 1.29 is 8.42 Å². The molecule has 0 amide bonds. The van der Waals surface area contributed by atoms with Crippen LogP contribution in [0, 0.1) is 6.92 Å². The van der Waals surface area contributed by atoms with E-state index in [1.54, 1.807) is 74.0 Å². The predicted octanol–water partition coefficient (Wildman–Crippen LogP) is 2.54. The molecular weight excluding hydrogens is 362 g/mol. The molecule has 7 nitrogen and oxygen atoms in total. The van der Waals surface area contributed by atoms with Crippen molar-refractivity contribution in [2.75, 3.05) is 5.32 Å². The minimum atomic E-state index is -3.60. The minimum Gasteiger partial charge on any atom is -0.370 e. The van der Waals surface area contributed by atoms with Crippen molar-refractivity contribution in [3.63, 3.8) is 0 Å². The molecule has 1 aromatic carbocycles. The molecule has 0 saturated carbocycles. The molecule has 0 radical (unpaired) electrons. The van der Waals surface area contributed by atoms with Crippen molar-refractivity contribution in [2.45, 2.75) is 23.3 Å². The fourth-order valence-electron chi connectivity index (χ4n) is 2.45. The zero-order chi connectivity index (χ0) is 19.3. The number of aromatic nitrogens is 2. The maximum atomic E-state index is 12.7. The summed E-state index contributed by atoms with van der Waals surface area (Å²) in [6.45, 7) is 2.00. The number of nitrogens with two attached hydrogens (primary N) is 1. The number of hydrogen-bond acceptors (Lipinski definition) is 5. The van der Waals surface area contributed by atoms with E-state index < -0.39 is 9.84 Å². The van der Waals surface area contributed by atoms with Crippen LogP contribution in [-0.4, -0.2) is 24.3 Å². The zero-order valence-electron chi connectivity index (χ0n) is 14.7. The van der Waals surface area contributed by atoms with Crippen LogP contribution in [0.3, 0.4) is 0 Å². The lowest BCUT2D eigenvalue weighted by Crippen LogP contribution is -2.22. The van der Waals surface area contributed by atoms with Gasteiger partial charge in [-0.3, -0.25) is 9.97 Å².